The Bertz CT molecular complexity index is 1140. The number of anilines is 1. The van der Waals surface area contributed by atoms with E-state index in [1.165, 1.54) is 21.8 Å². The molecule has 0 radical (unpaired) electrons. The summed E-state index contributed by atoms with van der Waals surface area (Å²) in [7, 11) is 0. The first-order valence-electron chi connectivity index (χ1n) is 10.4. The lowest BCUT2D eigenvalue weighted by Gasteiger charge is -2.31. The van der Waals surface area contributed by atoms with E-state index < -0.39 is 0 Å². The van der Waals surface area contributed by atoms with Crippen LogP contribution < -0.4 is 15.8 Å². The van der Waals surface area contributed by atoms with Crippen LogP contribution in [0.5, 0.6) is 0 Å². The Morgan fingerprint density at radius 2 is 1.87 bits per heavy atom. The van der Waals surface area contributed by atoms with Crippen molar-refractivity contribution in [3.8, 4) is 0 Å². The Morgan fingerprint density at radius 1 is 1.13 bits per heavy atom. The molecule has 0 aliphatic carbocycles. The molecule has 31 heavy (non-hydrogen) atoms. The number of aryl methyl sites for hydroxylation is 1. The van der Waals surface area contributed by atoms with Crippen molar-refractivity contribution in [2.45, 2.75) is 32.9 Å². The average Bonchev–Trinajstić information content (AvgIpc) is 2.76. The summed E-state index contributed by atoms with van der Waals surface area (Å²) in [6.45, 7) is 3.66. The third-order valence-corrected chi connectivity index (χ3v) is 5.73. The Labute approximate surface area is 186 Å². The maximum absolute atomic E-state index is 12.7. The van der Waals surface area contributed by atoms with Gasteiger partial charge in [0.1, 0.15) is 6.54 Å². The van der Waals surface area contributed by atoms with Crippen molar-refractivity contribution in [2.24, 2.45) is 0 Å². The Kier molecular flexibility index (Phi) is 6.37. The van der Waals surface area contributed by atoms with Crippen molar-refractivity contribution < 1.29 is 4.79 Å². The molecule has 0 saturated carbocycles. The fourth-order valence-electron chi connectivity index (χ4n) is 3.86. The van der Waals surface area contributed by atoms with Gasteiger partial charge in [-0.05, 0) is 48.6 Å². The molecule has 0 spiro atoms. The molecular formula is C24H25ClN4O2. The second kappa shape index (κ2) is 9.35. The molecule has 6 nitrogen and oxygen atoms in total. The van der Waals surface area contributed by atoms with Crippen LogP contribution in [0.4, 0.5) is 5.95 Å². The van der Waals surface area contributed by atoms with Crippen LogP contribution in [-0.4, -0.2) is 28.5 Å². The SMILES string of the molecule is Cc1cc(=O)n(CC(=O)NCCc2ccc(Cl)cc2)c(N2CCc3ccccc3C2)n1. The number of carbonyl (C=O) groups excluding carboxylic acids is 1. The highest BCUT2D eigenvalue weighted by Crippen LogP contribution is 2.22. The van der Waals surface area contributed by atoms with Crippen molar-refractivity contribution in [1.29, 1.82) is 0 Å². The lowest BCUT2D eigenvalue weighted by molar-refractivity contribution is -0.121. The second-order valence-corrected chi connectivity index (χ2v) is 8.23. The molecule has 1 aliphatic rings. The van der Waals surface area contributed by atoms with Crippen LogP contribution in [0, 0.1) is 6.92 Å². The van der Waals surface area contributed by atoms with Gasteiger partial charge >= 0.3 is 0 Å². The van der Waals surface area contributed by atoms with E-state index in [4.69, 9.17) is 11.6 Å². The van der Waals surface area contributed by atoms with E-state index in [1.807, 2.05) is 36.4 Å². The maximum Gasteiger partial charge on any atom is 0.255 e. The molecule has 160 valence electrons. The van der Waals surface area contributed by atoms with Gasteiger partial charge in [-0.3, -0.25) is 14.2 Å². The molecule has 0 unspecified atom stereocenters. The normalized spacial score (nSPS) is 13.0. The molecule has 3 aromatic rings. The van der Waals surface area contributed by atoms with Crippen molar-refractivity contribution in [1.82, 2.24) is 14.9 Å². The van der Waals surface area contributed by atoms with Gasteiger partial charge in [0, 0.05) is 36.4 Å². The summed E-state index contributed by atoms with van der Waals surface area (Å²) >= 11 is 5.91. The third kappa shape index (κ3) is 5.14. The van der Waals surface area contributed by atoms with Crippen molar-refractivity contribution in [3.63, 3.8) is 0 Å². The molecule has 7 heteroatoms. The predicted molar refractivity (Wildman–Crippen MR) is 123 cm³/mol. The number of hydrogen-bond donors (Lipinski definition) is 1. The fourth-order valence-corrected chi connectivity index (χ4v) is 3.98. The molecule has 0 atom stereocenters. The second-order valence-electron chi connectivity index (χ2n) is 7.79. The first kappa shape index (κ1) is 21.1. The monoisotopic (exact) mass is 436 g/mol. The van der Waals surface area contributed by atoms with Gasteiger partial charge in [-0.1, -0.05) is 48.0 Å². The minimum atomic E-state index is -0.214. The first-order chi connectivity index (χ1) is 15.0. The molecule has 2 heterocycles. The van der Waals surface area contributed by atoms with E-state index in [-0.39, 0.29) is 18.0 Å². The van der Waals surface area contributed by atoms with Gasteiger partial charge in [-0.15, -0.1) is 0 Å². The average molecular weight is 437 g/mol. The van der Waals surface area contributed by atoms with Crippen LogP contribution in [0.15, 0.2) is 59.4 Å². The number of amides is 1. The van der Waals surface area contributed by atoms with E-state index in [0.29, 0.717) is 36.2 Å². The van der Waals surface area contributed by atoms with Crippen LogP contribution in [-0.2, 0) is 30.7 Å². The van der Waals surface area contributed by atoms with Crippen LogP contribution in [0.2, 0.25) is 5.02 Å². The van der Waals surface area contributed by atoms with E-state index in [0.717, 1.165) is 18.5 Å². The highest BCUT2D eigenvalue weighted by Gasteiger charge is 2.21. The van der Waals surface area contributed by atoms with E-state index in [1.54, 1.807) is 6.92 Å². The van der Waals surface area contributed by atoms with Gasteiger partial charge in [0.15, 0.2) is 0 Å². The largest absolute Gasteiger partial charge is 0.354 e. The number of aromatic nitrogens is 2. The van der Waals surface area contributed by atoms with E-state index >= 15 is 0 Å². The Hall–Kier alpha value is -3.12. The summed E-state index contributed by atoms with van der Waals surface area (Å²) in [6, 6.07) is 17.3. The molecule has 1 aromatic heterocycles. The van der Waals surface area contributed by atoms with Gasteiger partial charge in [-0.2, -0.15) is 0 Å². The molecule has 1 aliphatic heterocycles. The molecule has 0 fully saturated rings. The van der Waals surface area contributed by atoms with Gasteiger partial charge in [-0.25, -0.2) is 4.98 Å². The highest BCUT2D eigenvalue weighted by atomic mass is 35.5. The van der Waals surface area contributed by atoms with E-state index in [2.05, 4.69) is 27.3 Å². The Balaban J connectivity index is 1.46. The zero-order chi connectivity index (χ0) is 21.8. The molecule has 2 aromatic carbocycles. The lowest BCUT2D eigenvalue weighted by Crippen LogP contribution is -2.39. The molecule has 1 N–H and O–H groups in total. The lowest BCUT2D eigenvalue weighted by atomic mass is 10.0. The smallest absolute Gasteiger partial charge is 0.255 e. The zero-order valence-electron chi connectivity index (χ0n) is 17.5. The summed E-state index contributed by atoms with van der Waals surface area (Å²) < 4.78 is 1.47. The van der Waals surface area contributed by atoms with Crippen molar-refractivity contribution >= 4 is 23.5 Å². The molecule has 0 saturated heterocycles. The summed E-state index contributed by atoms with van der Waals surface area (Å²) in [5.74, 6) is 0.340. The number of nitrogens with zero attached hydrogens (tertiary/aromatic N) is 3. The number of hydrogen-bond acceptors (Lipinski definition) is 4. The predicted octanol–water partition coefficient (Wildman–Crippen LogP) is 3.13. The third-order valence-electron chi connectivity index (χ3n) is 5.48. The van der Waals surface area contributed by atoms with Gasteiger partial charge in [0.05, 0.1) is 0 Å². The van der Waals surface area contributed by atoms with Gasteiger partial charge in [0.2, 0.25) is 11.9 Å². The standard InChI is InChI=1S/C24H25ClN4O2/c1-17-14-23(31)29(16-22(30)26-12-10-18-6-8-21(25)9-7-18)24(27-17)28-13-11-19-4-2-3-5-20(19)15-28/h2-9,14H,10-13,15-16H2,1H3,(H,26,30). The minimum Gasteiger partial charge on any atom is -0.354 e. The van der Waals surface area contributed by atoms with Crippen molar-refractivity contribution in [2.75, 3.05) is 18.0 Å². The zero-order valence-corrected chi connectivity index (χ0v) is 18.2. The number of nitrogens with one attached hydrogen (secondary N) is 1. The quantitative estimate of drug-likeness (QED) is 0.644. The molecular weight excluding hydrogens is 412 g/mol. The molecule has 4 rings (SSSR count). The van der Waals surface area contributed by atoms with Gasteiger partial charge < -0.3 is 10.2 Å². The van der Waals surface area contributed by atoms with Crippen LogP contribution in [0.1, 0.15) is 22.4 Å². The number of rotatable bonds is 6. The fraction of sp³-hybridized carbons (Fsp3) is 0.292. The van der Waals surface area contributed by atoms with Gasteiger partial charge in [0.25, 0.3) is 5.56 Å². The topological polar surface area (TPSA) is 67.2 Å². The number of fused-ring (bicyclic) bond motifs is 1. The summed E-state index contributed by atoms with van der Waals surface area (Å²) in [5, 5.41) is 3.59. The van der Waals surface area contributed by atoms with Crippen LogP contribution in [0.3, 0.4) is 0 Å². The number of halogens is 1. The van der Waals surface area contributed by atoms with E-state index in [9.17, 15) is 9.59 Å². The van der Waals surface area contributed by atoms with Crippen LogP contribution in [0.25, 0.3) is 0 Å². The van der Waals surface area contributed by atoms with Crippen molar-refractivity contribution in [3.05, 3.63) is 92.4 Å². The summed E-state index contributed by atoms with van der Waals surface area (Å²) in [6.07, 6.45) is 1.58. The number of carbonyl (C=O) groups is 1. The highest BCUT2D eigenvalue weighted by molar-refractivity contribution is 6.30. The molecule has 0 bridgehead atoms. The Morgan fingerprint density at radius 3 is 2.65 bits per heavy atom. The maximum atomic E-state index is 12.7. The summed E-state index contributed by atoms with van der Waals surface area (Å²) in [5.41, 5.74) is 4.07. The minimum absolute atomic E-state index is 0.0553. The summed E-state index contributed by atoms with van der Waals surface area (Å²) in [4.78, 5) is 32.0. The number of benzene rings is 2. The molecule has 1 amide bonds. The first-order valence-corrected chi connectivity index (χ1v) is 10.8. The van der Waals surface area contributed by atoms with Crippen LogP contribution >= 0.6 is 11.6 Å².